The molecule has 2 aromatic rings. The maximum Gasteiger partial charge on any atom is 0.235 e. The maximum atomic E-state index is 10.4. The summed E-state index contributed by atoms with van der Waals surface area (Å²) in [6.07, 6.45) is 0.500. The average molecular weight is 425 g/mol. The highest BCUT2D eigenvalue weighted by Gasteiger charge is 2.32. The van der Waals surface area contributed by atoms with Gasteiger partial charge in [-0.05, 0) is 34.3 Å². The van der Waals surface area contributed by atoms with Gasteiger partial charge in [0.1, 0.15) is 28.6 Å². The van der Waals surface area contributed by atoms with E-state index in [2.05, 4.69) is 34.2 Å². The highest BCUT2D eigenvalue weighted by atomic mass is 79.9. The maximum absolute atomic E-state index is 10.4. The fourth-order valence-corrected chi connectivity index (χ4v) is 3.87. The predicted octanol–water partition coefficient (Wildman–Crippen LogP) is 4.75. The van der Waals surface area contributed by atoms with E-state index in [9.17, 15) is 10.3 Å². The second-order valence-electron chi connectivity index (χ2n) is 4.61. The molecule has 22 heavy (non-hydrogen) atoms. The Morgan fingerprint density at radius 3 is 2.36 bits per heavy atom. The number of rotatable bonds is 5. The van der Waals surface area contributed by atoms with Gasteiger partial charge in [0.15, 0.2) is 0 Å². The zero-order chi connectivity index (χ0) is 16.3. The lowest BCUT2D eigenvalue weighted by Crippen LogP contribution is -2.50. The quantitative estimate of drug-likeness (QED) is 0.318. The summed E-state index contributed by atoms with van der Waals surface area (Å²) in [6, 6.07) is 10.2. The van der Waals surface area contributed by atoms with Crippen molar-refractivity contribution in [3.05, 3.63) is 56.5 Å². The molecule has 0 saturated heterocycles. The van der Waals surface area contributed by atoms with Gasteiger partial charge < -0.3 is 5.11 Å². The van der Waals surface area contributed by atoms with Crippen LogP contribution < -0.4 is 9.59 Å². The normalized spacial score (nSPS) is 13.9. The van der Waals surface area contributed by atoms with Crippen LogP contribution in [0.1, 0.15) is 5.56 Å². The molecule has 0 heterocycles. The Kier molecular flexibility index (Phi) is 6.01. The van der Waals surface area contributed by atoms with Crippen molar-refractivity contribution in [1.29, 1.82) is 0 Å². The van der Waals surface area contributed by atoms with Crippen molar-refractivity contribution in [3.63, 3.8) is 0 Å². The molecule has 1 atom stereocenters. The van der Waals surface area contributed by atoms with E-state index in [1.807, 2.05) is 6.07 Å². The van der Waals surface area contributed by atoms with Crippen LogP contribution in [0.15, 0.2) is 40.9 Å². The van der Waals surface area contributed by atoms with Crippen molar-refractivity contribution >= 4 is 57.6 Å². The van der Waals surface area contributed by atoms with Crippen LogP contribution in [-0.2, 0) is 6.42 Å². The van der Waals surface area contributed by atoms with Crippen LogP contribution >= 0.6 is 51.9 Å². The molecule has 0 saturated carbocycles. The van der Waals surface area contributed by atoms with Gasteiger partial charge in [0.2, 0.25) is 5.69 Å². The van der Waals surface area contributed by atoms with E-state index < -0.39 is 4.16 Å². The van der Waals surface area contributed by atoms with Crippen LogP contribution in [0.3, 0.4) is 0 Å². The zero-order valence-corrected chi connectivity index (χ0v) is 15.3. The molecule has 0 aliphatic rings. The van der Waals surface area contributed by atoms with Crippen molar-refractivity contribution in [2.45, 2.75) is 6.42 Å². The van der Waals surface area contributed by atoms with Gasteiger partial charge in [0, 0.05) is 4.47 Å². The molecule has 2 rings (SSSR count). The Balaban J connectivity index is 2.10. The molecule has 0 aromatic heterocycles. The molecule has 0 amide bonds. The molecular weight excluding hydrogens is 411 g/mol. The van der Waals surface area contributed by atoms with Gasteiger partial charge in [-0.15, -0.1) is 5.43 Å². The number of nitrogens with one attached hydrogen (secondary N) is 1. The SMILES string of the molecule is Oc1ccccc1CCN[N+](O)(S)c1c(Cl)cc(Br)cc1Cl. The third-order valence-corrected chi connectivity index (χ3v) is 4.39. The van der Waals surface area contributed by atoms with Crippen LogP contribution in [0.25, 0.3) is 0 Å². The Morgan fingerprint density at radius 2 is 1.77 bits per heavy atom. The first-order valence-corrected chi connectivity index (χ1v) is 8.28. The number of phenols is 1. The lowest BCUT2D eigenvalue weighted by atomic mass is 10.1. The Labute approximate surface area is 152 Å². The van der Waals surface area contributed by atoms with Crippen molar-refractivity contribution in [2.24, 2.45) is 0 Å². The van der Waals surface area contributed by atoms with Gasteiger partial charge in [0.25, 0.3) is 0 Å². The van der Waals surface area contributed by atoms with E-state index in [1.54, 1.807) is 30.3 Å². The highest BCUT2D eigenvalue weighted by molar-refractivity contribution is 9.10. The lowest BCUT2D eigenvalue weighted by Gasteiger charge is -2.24. The standard InChI is InChI=1S/C14H13BrCl2N2O2S/c15-10-7-11(16)14(12(17)8-10)19(21,22)18-6-5-9-3-1-2-4-13(9)20/h1-4,7-8,18,21-22H,5-6H2/p+1. The van der Waals surface area contributed by atoms with E-state index in [-0.39, 0.29) is 21.5 Å². The molecule has 4 nitrogen and oxygen atoms in total. The minimum Gasteiger partial charge on any atom is -0.508 e. The molecule has 2 aromatic carbocycles. The van der Waals surface area contributed by atoms with Crippen molar-refractivity contribution < 1.29 is 10.3 Å². The first kappa shape index (κ1) is 17.9. The monoisotopic (exact) mass is 423 g/mol. The summed E-state index contributed by atoms with van der Waals surface area (Å²) < 4.78 is -0.257. The van der Waals surface area contributed by atoms with Crippen LogP contribution in [0, 0.1) is 0 Å². The molecule has 8 heteroatoms. The summed E-state index contributed by atoms with van der Waals surface area (Å²) in [5.74, 6) is 0.208. The second kappa shape index (κ2) is 7.40. The largest absolute Gasteiger partial charge is 0.508 e. The Morgan fingerprint density at radius 1 is 1.18 bits per heavy atom. The number of quaternary nitrogens is 1. The predicted molar refractivity (Wildman–Crippen MR) is 96.5 cm³/mol. The topological polar surface area (TPSA) is 52.5 Å². The number of nitrogens with zero attached hydrogens (tertiary/aromatic N) is 1. The second-order valence-corrected chi connectivity index (χ2v) is 6.92. The van der Waals surface area contributed by atoms with Crippen molar-refractivity contribution in [3.8, 4) is 5.75 Å². The molecule has 0 radical (unpaired) electrons. The lowest BCUT2D eigenvalue weighted by molar-refractivity contribution is -0.0201. The van der Waals surface area contributed by atoms with Crippen LogP contribution in [0.5, 0.6) is 5.75 Å². The number of para-hydroxylation sites is 1. The fourth-order valence-electron chi connectivity index (χ4n) is 1.98. The van der Waals surface area contributed by atoms with Gasteiger partial charge in [-0.1, -0.05) is 57.3 Å². The van der Waals surface area contributed by atoms with Crippen LogP contribution in [0.2, 0.25) is 10.0 Å². The number of benzene rings is 2. The number of aromatic hydroxyl groups is 1. The molecule has 1 unspecified atom stereocenters. The number of hydrogen-bond donors (Lipinski definition) is 4. The summed E-state index contributed by atoms with van der Waals surface area (Å²) in [5, 5.41) is 20.7. The molecular formula is C14H14BrCl2N2O2S+. The van der Waals surface area contributed by atoms with E-state index >= 15 is 0 Å². The number of phenolic OH excluding ortho intramolecular Hbond substituents is 1. The molecule has 0 aliphatic heterocycles. The summed E-state index contributed by atoms with van der Waals surface area (Å²) in [7, 11) is 0. The summed E-state index contributed by atoms with van der Waals surface area (Å²) in [6.45, 7) is 0.348. The average Bonchev–Trinajstić information content (AvgIpc) is 2.39. The van der Waals surface area contributed by atoms with Crippen molar-refractivity contribution in [1.82, 2.24) is 9.59 Å². The van der Waals surface area contributed by atoms with E-state index in [4.69, 9.17) is 23.2 Å². The number of halogens is 3. The van der Waals surface area contributed by atoms with Gasteiger partial charge in [-0.3, -0.25) is 0 Å². The molecule has 0 aliphatic carbocycles. The fraction of sp³-hybridized carbons (Fsp3) is 0.143. The number of thiol groups is 1. The minimum absolute atomic E-state index is 0.208. The smallest absolute Gasteiger partial charge is 0.235 e. The van der Waals surface area contributed by atoms with Gasteiger partial charge in [0.05, 0.1) is 6.54 Å². The van der Waals surface area contributed by atoms with Crippen molar-refractivity contribution in [2.75, 3.05) is 6.54 Å². The first-order chi connectivity index (χ1) is 10.3. The third kappa shape index (κ3) is 4.29. The molecule has 0 fully saturated rings. The molecule has 3 N–H and O–H groups in total. The van der Waals surface area contributed by atoms with Gasteiger partial charge in [-0.2, -0.15) is 5.21 Å². The number of hydrogen-bond acceptors (Lipinski definition) is 4. The van der Waals surface area contributed by atoms with E-state index in [0.717, 1.165) is 5.56 Å². The molecule has 0 bridgehead atoms. The molecule has 118 valence electrons. The van der Waals surface area contributed by atoms with Crippen LogP contribution in [0.4, 0.5) is 5.69 Å². The summed E-state index contributed by atoms with van der Waals surface area (Å²) in [5.41, 5.74) is 3.80. The Bertz CT molecular complexity index is 663. The Hall–Kier alpha value is -0.470. The third-order valence-electron chi connectivity index (χ3n) is 3.01. The van der Waals surface area contributed by atoms with E-state index in [1.165, 1.54) is 0 Å². The summed E-state index contributed by atoms with van der Waals surface area (Å²) in [4.78, 5) is 0. The van der Waals surface area contributed by atoms with Crippen LogP contribution in [-0.4, -0.2) is 16.9 Å². The summed E-state index contributed by atoms with van der Waals surface area (Å²) >= 11 is 19.7. The zero-order valence-electron chi connectivity index (χ0n) is 11.3. The van der Waals surface area contributed by atoms with Gasteiger partial charge >= 0.3 is 0 Å². The molecule has 0 spiro atoms. The highest BCUT2D eigenvalue weighted by Crippen LogP contribution is 2.39. The van der Waals surface area contributed by atoms with Gasteiger partial charge in [-0.25, -0.2) is 0 Å². The first-order valence-electron chi connectivity index (χ1n) is 6.33. The van der Waals surface area contributed by atoms with E-state index in [0.29, 0.717) is 17.4 Å². The minimum atomic E-state index is -0.960.